The summed E-state index contributed by atoms with van der Waals surface area (Å²) in [6.45, 7) is 7.06. The SMILES string of the molecule is CCCCCCCCCCCCCCCC(C(C)C)[n+]1csc2ccccc21. The Hall–Kier alpha value is -0.890. The molecule has 1 heterocycles. The standard InChI is InChI=1S/C26H44NS/c1-4-5-6-7-8-9-10-11-12-13-14-15-16-19-24(23(2)3)27-22-28-26-21-18-17-20-25(26)27/h17-18,20-24H,4-16,19H2,1-3H3/q+1. The number of fused-ring (bicyclic) bond motifs is 1. The van der Waals surface area contributed by atoms with Crippen molar-refractivity contribution in [1.82, 2.24) is 0 Å². The minimum atomic E-state index is 0.642. The van der Waals surface area contributed by atoms with E-state index in [9.17, 15) is 0 Å². The van der Waals surface area contributed by atoms with Crippen LogP contribution < -0.4 is 4.57 Å². The molecular formula is C26H44NS+. The Morgan fingerprint density at radius 3 is 1.86 bits per heavy atom. The zero-order valence-corrected chi connectivity index (χ0v) is 19.6. The van der Waals surface area contributed by atoms with Gasteiger partial charge in [0.1, 0.15) is 4.70 Å². The molecule has 0 aliphatic carbocycles. The molecule has 0 bridgehead atoms. The van der Waals surface area contributed by atoms with Gasteiger partial charge >= 0.3 is 0 Å². The number of hydrogen-bond donors (Lipinski definition) is 0. The average molecular weight is 403 g/mol. The number of aromatic nitrogens is 1. The van der Waals surface area contributed by atoms with E-state index in [1.54, 1.807) is 0 Å². The lowest BCUT2D eigenvalue weighted by Gasteiger charge is -2.15. The van der Waals surface area contributed by atoms with E-state index in [1.807, 2.05) is 11.3 Å². The molecule has 28 heavy (non-hydrogen) atoms. The highest BCUT2D eigenvalue weighted by atomic mass is 32.1. The normalized spacial score (nSPS) is 12.9. The summed E-state index contributed by atoms with van der Waals surface area (Å²) in [5.41, 5.74) is 3.76. The number of benzene rings is 1. The molecule has 0 aliphatic heterocycles. The van der Waals surface area contributed by atoms with Crippen LogP contribution in [-0.2, 0) is 0 Å². The molecule has 2 aromatic rings. The van der Waals surface area contributed by atoms with Gasteiger partial charge in [0.2, 0.25) is 11.0 Å². The van der Waals surface area contributed by atoms with Gasteiger partial charge in [-0.2, -0.15) is 4.57 Å². The van der Waals surface area contributed by atoms with Crippen LogP contribution >= 0.6 is 11.3 Å². The van der Waals surface area contributed by atoms with Gasteiger partial charge in [0, 0.05) is 18.4 Å². The van der Waals surface area contributed by atoms with E-state index in [1.165, 1.54) is 100 Å². The first-order valence-electron chi connectivity index (χ1n) is 12.1. The van der Waals surface area contributed by atoms with Gasteiger partial charge < -0.3 is 0 Å². The van der Waals surface area contributed by atoms with Crippen molar-refractivity contribution in [3.05, 3.63) is 29.8 Å². The molecule has 0 N–H and O–H groups in total. The summed E-state index contributed by atoms with van der Waals surface area (Å²) in [7, 11) is 0. The van der Waals surface area contributed by atoms with Crippen LogP contribution in [0.15, 0.2) is 29.8 Å². The van der Waals surface area contributed by atoms with E-state index in [0.717, 1.165) is 0 Å². The van der Waals surface area contributed by atoms with Crippen molar-refractivity contribution >= 4 is 21.6 Å². The van der Waals surface area contributed by atoms with Crippen molar-refractivity contribution in [3.63, 3.8) is 0 Å². The molecule has 0 aliphatic rings. The molecule has 158 valence electrons. The molecule has 0 amide bonds. The fourth-order valence-electron chi connectivity index (χ4n) is 4.36. The maximum atomic E-state index is 2.55. The highest BCUT2D eigenvalue weighted by molar-refractivity contribution is 7.16. The van der Waals surface area contributed by atoms with Gasteiger partial charge in [-0.15, -0.1) is 0 Å². The second-order valence-corrected chi connectivity index (χ2v) is 9.83. The van der Waals surface area contributed by atoms with Gasteiger partial charge in [-0.05, 0) is 12.5 Å². The molecule has 1 unspecified atom stereocenters. The van der Waals surface area contributed by atoms with Crippen molar-refractivity contribution < 1.29 is 4.57 Å². The minimum absolute atomic E-state index is 0.642. The van der Waals surface area contributed by atoms with Gasteiger partial charge in [-0.25, -0.2) is 0 Å². The van der Waals surface area contributed by atoms with Gasteiger partial charge in [0.15, 0.2) is 6.04 Å². The lowest BCUT2D eigenvalue weighted by molar-refractivity contribution is -0.702. The summed E-state index contributed by atoms with van der Waals surface area (Å²) in [5, 5.41) is 0. The molecule has 0 fully saturated rings. The highest BCUT2D eigenvalue weighted by Crippen LogP contribution is 2.25. The number of para-hydroxylation sites is 1. The zero-order valence-electron chi connectivity index (χ0n) is 18.8. The first-order valence-corrected chi connectivity index (χ1v) is 13.0. The third kappa shape index (κ3) is 8.23. The third-order valence-corrected chi connectivity index (χ3v) is 7.10. The van der Waals surface area contributed by atoms with E-state index < -0.39 is 0 Å². The van der Waals surface area contributed by atoms with Crippen LogP contribution in [0, 0.1) is 5.92 Å². The van der Waals surface area contributed by atoms with Crippen molar-refractivity contribution in [2.75, 3.05) is 0 Å². The molecular weight excluding hydrogens is 358 g/mol. The summed E-state index contributed by atoms with van der Waals surface area (Å²) in [6, 6.07) is 9.50. The van der Waals surface area contributed by atoms with Gasteiger partial charge in [-0.1, -0.05) is 121 Å². The van der Waals surface area contributed by atoms with Crippen molar-refractivity contribution in [2.24, 2.45) is 5.92 Å². The molecule has 1 aromatic heterocycles. The van der Waals surface area contributed by atoms with E-state index in [0.29, 0.717) is 12.0 Å². The summed E-state index contributed by atoms with van der Waals surface area (Å²) in [6.07, 6.45) is 20.0. The summed E-state index contributed by atoms with van der Waals surface area (Å²) >= 11 is 1.88. The van der Waals surface area contributed by atoms with Gasteiger partial charge in [0.25, 0.3) is 0 Å². The summed E-state index contributed by atoms with van der Waals surface area (Å²) in [5.74, 6) is 0.695. The number of nitrogens with zero attached hydrogens (tertiary/aromatic N) is 1. The Labute approximate surface area is 178 Å². The van der Waals surface area contributed by atoms with E-state index in [4.69, 9.17) is 0 Å². The Balaban J connectivity index is 1.55. The highest BCUT2D eigenvalue weighted by Gasteiger charge is 2.25. The number of unbranched alkanes of at least 4 members (excludes halogenated alkanes) is 12. The second kappa shape index (κ2) is 14.1. The van der Waals surface area contributed by atoms with E-state index in [2.05, 4.69) is 55.1 Å². The van der Waals surface area contributed by atoms with Crippen molar-refractivity contribution in [2.45, 2.75) is 117 Å². The van der Waals surface area contributed by atoms with Crippen LogP contribution in [0.25, 0.3) is 10.2 Å². The van der Waals surface area contributed by atoms with Crippen LogP contribution in [0.3, 0.4) is 0 Å². The van der Waals surface area contributed by atoms with Crippen LogP contribution in [0.2, 0.25) is 0 Å². The summed E-state index contributed by atoms with van der Waals surface area (Å²) in [4.78, 5) is 0. The Morgan fingerprint density at radius 2 is 1.29 bits per heavy atom. The Morgan fingerprint density at radius 1 is 0.750 bits per heavy atom. The maximum absolute atomic E-state index is 2.55. The fraction of sp³-hybridized carbons (Fsp3) is 0.731. The monoisotopic (exact) mass is 402 g/mol. The molecule has 2 rings (SSSR count). The van der Waals surface area contributed by atoms with Crippen molar-refractivity contribution in [3.8, 4) is 0 Å². The lowest BCUT2D eigenvalue weighted by Crippen LogP contribution is -2.40. The lowest BCUT2D eigenvalue weighted by atomic mass is 9.96. The fourth-order valence-corrected chi connectivity index (χ4v) is 5.31. The zero-order chi connectivity index (χ0) is 20.0. The molecule has 2 heteroatoms. The van der Waals surface area contributed by atoms with Crippen LogP contribution in [0.4, 0.5) is 0 Å². The molecule has 0 radical (unpaired) electrons. The average Bonchev–Trinajstić information content (AvgIpc) is 3.12. The predicted molar refractivity (Wildman–Crippen MR) is 126 cm³/mol. The number of hydrogen-bond acceptors (Lipinski definition) is 1. The smallest absolute Gasteiger partial charge is 0.186 e. The van der Waals surface area contributed by atoms with Crippen LogP contribution in [-0.4, -0.2) is 0 Å². The Bertz CT molecular complexity index is 630. The number of thiazole rings is 1. The minimum Gasteiger partial charge on any atom is -0.186 e. The van der Waals surface area contributed by atoms with Crippen LogP contribution in [0.1, 0.15) is 117 Å². The quantitative estimate of drug-likeness (QED) is 0.195. The maximum Gasteiger partial charge on any atom is 0.226 e. The largest absolute Gasteiger partial charge is 0.226 e. The molecule has 1 atom stereocenters. The molecule has 1 nitrogen and oxygen atoms in total. The van der Waals surface area contributed by atoms with Crippen LogP contribution in [0.5, 0.6) is 0 Å². The van der Waals surface area contributed by atoms with E-state index >= 15 is 0 Å². The molecule has 1 aromatic carbocycles. The summed E-state index contributed by atoms with van der Waals surface area (Å²) < 4.78 is 3.96. The number of rotatable bonds is 16. The molecule has 0 saturated heterocycles. The van der Waals surface area contributed by atoms with E-state index in [-0.39, 0.29) is 0 Å². The first-order chi connectivity index (χ1) is 13.7. The predicted octanol–water partition coefficient (Wildman–Crippen LogP) is 8.87. The Kier molecular flexibility index (Phi) is 11.8. The molecule has 0 saturated carbocycles. The van der Waals surface area contributed by atoms with Gasteiger partial charge in [-0.3, -0.25) is 0 Å². The van der Waals surface area contributed by atoms with Gasteiger partial charge in [0.05, 0.1) is 0 Å². The topological polar surface area (TPSA) is 3.88 Å². The van der Waals surface area contributed by atoms with Crippen molar-refractivity contribution in [1.29, 1.82) is 0 Å². The third-order valence-electron chi connectivity index (χ3n) is 6.17. The first kappa shape index (κ1) is 23.4. The second-order valence-electron chi connectivity index (χ2n) is 8.94. The molecule has 0 spiro atoms.